The van der Waals surface area contributed by atoms with Crippen molar-refractivity contribution in [2.45, 2.75) is 212 Å². The first-order valence-corrected chi connectivity index (χ1v) is 23.0. The van der Waals surface area contributed by atoms with E-state index in [4.69, 9.17) is 9.05 Å². The van der Waals surface area contributed by atoms with E-state index in [2.05, 4.69) is 31.3 Å². The molecule has 0 aliphatic heterocycles. The van der Waals surface area contributed by atoms with Crippen LogP contribution in [0.1, 0.15) is 200 Å². The number of aliphatic hydroxyl groups is 1. The van der Waals surface area contributed by atoms with Gasteiger partial charge in [0.25, 0.3) is 0 Å². The van der Waals surface area contributed by atoms with Gasteiger partial charge in [0.05, 0.1) is 39.9 Å². The molecular formula is C42H86N2O6P+. The number of carbonyl (C=O) groups excluding carboxylic acids is 1. The van der Waals surface area contributed by atoms with Gasteiger partial charge in [-0.2, -0.15) is 0 Å². The molecule has 0 bridgehead atoms. The van der Waals surface area contributed by atoms with E-state index in [0.29, 0.717) is 23.9 Å². The molecule has 0 radical (unpaired) electrons. The van der Waals surface area contributed by atoms with Crippen LogP contribution in [0.25, 0.3) is 0 Å². The molecule has 0 heterocycles. The fourth-order valence-electron chi connectivity index (χ4n) is 6.28. The Hall–Kier alpha value is -0.760. The fourth-order valence-corrected chi connectivity index (χ4v) is 7.01. The molecule has 1 amide bonds. The highest BCUT2D eigenvalue weighted by molar-refractivity contribution is 7.47. The van der Waals surface area contributed by atoms with E-state index in [-0.39, 0.29) is 19.1 Å². The predicted molar refractivity (Wildman–Crippen MR) is 217 cm³/mol. The van der Waals surface area contributed by atoms with Gasteiger partial charge in [0, 0.05) is 6.42 Å². The Morgan fingerprint density at radius 2 is 1.06 bits per heavy atom. The summed E-state index contributed by atoms with van der Waals surface area (Å²) < 4.78 is 23.5. The second kappa shape index (κ2) is 35.0. The van der Waals surface area contributed by atoms with Gasteiger partial charge < -0.3 is 19.8 Å². The average Bonchev–Trinajstić information content (AvgIpc) is 3.07. The number of hydrogen-bond acceptors (Lipinski definition) is 5. The molecule has 0 aromatic heterocycles. The van der Waals surface area contributed by atoms with E-state index >= 15 is 0 Å². The van der Waals surface area contributed by atoms with Crippen LogP contribution in [-0.2, 0) is 18.4 Å². The molecule has 51 heavy (non-hydrogen) atoms. The third-order valence-electron chi connectivity index (χ3n) is 9.76. The third-order valence-corrected chi connectivity index (χ3v) is 10.7. The standard InChI is InChI=1S/C42H85N2O6P/c1-6-8-10-12-14-16-17-18-19-20-21-22-23-24-25-26-28-30-32-34-36-42(46)43-40(39-50-51(47,48)49-38-37-44(3,4)5)41(45)35-33-31-29-27-15-13-11-9-7-2/h15,27,40-41,45H,6-14,16-26,28-39H2,1-5H3,(H-,43,46,47,48)/p+1/b27-15+/t40-,41+/m0/s1. The number of quaternary nitrogens is 1. The normalized spacial score (nSPS) is 14.6. The summed E-state index contributed by atoms with van der Waals surface area (Å²) in [6, 6.07) is -0.769. The van der Waals surface area contributed by atoms with E-state index in [0.717, 1.165) is 44.9 Å². The molecule has 9 heteroatoms. The molecule has 0 fully saturated rings. The Balaban J connectivity index is 4.23. The maximum atomic E-state index is 12.8. The monoisotopic (exact) mass is 746 g/mol. The van der Waals surface area contributed by atoms with Crippen LogP contribution in [0.2, 0.25) is 0 Å². The number of rotatable bonds is 39. The fraction of sp³-hybridized carbons (Fsp3) is 0.929. The molecule has 0 aliphatic carbocycles. The van der Waals surface area contributed by atoms with Crippen LogP contribution in [-0.4, -0.2) is 73.4 Å². The lowest BCUT2D eigenvalue weighted by Crippen LogP contribution is -2.46. The molecule has 0 spiro atoms. The maximum absolute atomic E-state index is 12.8. The van der Waals surface area contributed by atoms with Crippen molar-refractivity contribution in [3.05, 3.63) is 12.2 Å². The highest BCUT2D eigenvalue weighted by Gasteiger charge is 2.28. The number of aliphatic hydroxyl groups excluding tert-OH is 1. The maximum Gasteiger partial charge on any atom is 0.472 e. The van der Waals surface area contributed by atoms with Gasteiger partial charge in [-0.3, -0.25) is 13.8 Å². The molecule has 0 aromatic rings. The topological polar surface area (TPSA) is 105 Å². The smallest absolute Gasteiger partial charge is 0.391 e. The predicted octanol–water partition coefficient (Wildman–Crippen LogP) is 11.6. The summed E-state index contributed by atoms with van der Waals surface area (Å²) in [4.78, 5) is 23.0. The van der Waals surface area contributed by atoms with Crippen molar-refractivity contribution in [2.75, 3.05) is 40.9 Å². The second-order valence-electron chi connectivity index (χ2n) is 16.1. The number of phosphoric ester groups is 1. The first-order chi connectivity index (χ1) is 24.5. The van der Waals surface area contributed by atoms with Crippen molar-refractivity contribution in [1.82, 2.24) is 5.32 Å². The summed E-state index contributed by atoms with van der Waals surface area (Å²) in [7, 11) is 1.60. The molecule has 0 aliphatic rings. The zero-order chi connectivity index (χ0) is 37.9. The largest absolute Gasteiger partial charge is 0.472 e. The molecule has 0 saturated heterocycles. The number of carbonyl (C=O) groups is 1. The Kier molecular flexibility index (Phi) is 34.5. The van der Waals surface area contributed by atoms with Gasteiger partial charge in [-0.1, -0.05) is 167 Å². The molecule has 1 unspecified atom stereocenters. The molecule has 0 aromatic carbocycles. The highest BCUT2D eigenvalue weighted by Crippen LogP contribution is 2.43. The van der Waals surface area contributed by atoms with Crippen molar-refractivity contribution in [2.24, 2.45) is 0 Å². The van der Waals surface area contributed by atoms with Crippen molar-refractivity contribution < 1.29 is 32.9 Å². The van der Waals surface area contributed by atoms with Gasteiger partial charge >= 0.3 is 7.82 Å². The summed E-state index contributed by atoms with van der Waals surface area (Å²) in [6.45, 7) is 4.83. The van der Waals surface area contributed by atoms with E-state index in [1.807, 2.05) is 21.1 Å². The Bertz CT molecular complexity index is 850. The van der Waals surface area contributed by atoms with Gasteiger partial charge in [-0.15, -0.1) is 0 Å². The molecule has 0 saturated carbocycles. The molecule has 3 atom stereocenters. The lowest BCUT2D eigenvalue weighted by atomic mass is 10.0. The van der Waals surface area contributed by atoms with Crippen LogP contribution in [0.3, 0.4) is 0 Å². The summed E-state index contributed by atoms with van der Waals surface area (Å²) in [5.41, 5.74) is 0. The number of nitrogens with one attached hydrogen (secondary N) is 1. The summed E-state index contributed by atoms with van der Waals surface area (Å²) in [5, 5.41) is 13.8. The Morgan fingerprint density at radius 3 is 1.51 bits per heavy atom. The average molecular weight is 746 g/mol. The van der Waals surface area contributed by atoms with Gasteiger partial charge in [0.1, 0.15) is 13.2 Å². The van der Waals surface area contributed by atoms with Gasteiger partial charge in [-0.05, 0) is 38.5 Å². The van der Waals surface area contributed by atoms with E-state index in [1.54, 1.807) is 0 Å². The van der Waals surface area contributed by atoms with Crippen LogP contribution in [0.4, 0.5) is 0 Å². The quantitative estimate of drug-likeness (QED) is 0.0250. The van der Waals surface area contributed by atoms with E-state index in [9.17, 15) is 19.4 Å². The second-order valence-corrected chi connectivity index (χ2v) is 17.5. The summed E-state index contributed by atoms with van der Waals surface area (Å²) >= 11 is 0. The zero-order valence-electron chi connectivity index (χ0n) is 34.4. The molecule has 3 N–H and O–H groups in total. The number of hydrogen-bond donors (Lipinski definition) is 3. The van der Waals surface area contributed by atoms with Crippen LogP contribution in [0.5, 0.6) is 0 Å². The molecule has 0 rings (SSSR count). The minimum Gasteiger partial charge on any atom is -0.391 e. The van der Waals surface area contributed by atoms with Gasteiger partial charge in [0.15, 0.2) is 0 Å². The van der Waals surface area contributed by atoms with Crippen molar-refractivity contribution in [3.8, 4) is 0 Å². The lowest BCUT2D eigenvalue weighted by Gasteiger charge is -2.26. The molecule has 8 nitrogen and oxygen atoms in total. The van der Waals surface area contributed by atoms with Crippen molar-refractivity contribution >= 4 is 13.7 Å². The number of allylic oxidation sites excluding steroid dienone is 2. The van der Waals surface area contributed by atoms with Crippen LogP contribution < -0.4 is 5.32 Å². The highest BCUT2D eigenvalue weighted by atomic mass is 31.2. The van der Waals surface area contributed by atoms with Crippen LogP contribution in [0, 0.1) is 0 Å². The van der Waals surface area contributed by atoms with E-state index in [1.165, 1.54) is 128 Å². The Labute approximate surface area is 316 Å². The van der Waals surface area contributed by atoms with E-state index < -0.39 is 20.0 Å². The third kappa shape index (κ3) is 37.4. The zero-order valence-corrected chi connectivity index (χ0v) is 35.3. The number of likely N-dealkylation sites (N-methyl/N-ethyl adjacent to an activating group) is 1. The number of unbranched alkanes of at least 4 members (excludes halogenated alkanes) is 24. The first kappa shape index (κ1) is 50.2. The van der Waals surface area contributed by atoms with Crippen LogP contribution in [0.15, 0.2) is 12.2 Å². The SMILES string of the molecule is CCCCC/C=C/CCCC[C@@H](O)[C@H](COP(=O)(O)OCC[N+](C)(C)C)NC(=O)CCCCCCCCCCCCCCCCCCCCCC. The Morgan fingerprint density at radius 1 is 0.647 bits per heavy atom. The summed E-state index contributed by atoms with van der Waals surface area (Å²) in [5.74, 6) is -0.154. The molecular weight excluding hydrogens is 659 g/mol. The minimum atomic E-state index is -4.31. The van der Waals surface area contributed by atoms with Gasteiger partial charge in [-0.25, -0.2) is 4.57 Å². The van der Waals surface area contributed by atoms with Gasteiger partial charge in [0.2, 0.25) is 5.91 Å². The van der Waals surface area contributed by atoms with Crippen LogP contribution >= 0.6 is 7.82 Å². The minimum absolute atomic E-state index is 0.0717. The number of phosphoric acid groups is 1. The number of nitrogens with zero attached hydrogens (tertiary/aromatic N) is 1. The lowest BCUT2D eigenvalue weighted by molar-refractivity contribution is -0.870. The molecule has 304 valence electrons. The summed E-state index contributed by atoms with van der Waals surface area (Å²) in [6.07, 6.45) is 38.2. The first-order valence-electron chi connectivity index (χ1n) is 21.6. The van der Waals surface area contributed by atoms with Crippen molar-refractivity contribution in [1.29, 1.82) is 0 Å². The number of amides is 1. The van der Waals surface area contributed by atoms with Crippen molar-refractivity contribution in [3.63, 3.8) is 0 Å².